The fraction of sp³-hybridized carbons (Fsp3) is 0.625. The summed E-state index contributed by atoms with van der Waals surface area (Å²) in [4.78, 5) is 2.49. The molecule has 1 saturated carbocycles. The van der Waals surface area contributed by atoms with Crippen molar-refractivity contribution in [1.29, 1.82) is 0 Å². The van der Waals surface area contributed by atoms with Crippen LogP contribution in [0, 0.1) is 5.92 Å². The summed E-state index contributed by atoms with van der Waals surface area (Å²) in [5.74, 6) is 0.800. The quantitative estimate of drug-likeness (QED) is 0.878. The van der Waals surface area contributed by atoms with Gasteiger partial charge in [0.1, 0.15) is 5.75 Å². The molecule has 2 aliphatic rings. The Hall–Kier alpha value is -1.06. The van der Waals surface area contributed by atoms with Gasteiger partial charge in [0.2, 0.25) is 0 Å². The van der Waals surface area contributed by atoms with Gasteiger partial charge >= 0.3 is 0 Å². The molecule has 2 N–H and O–H groups in total. The maximum atomic E-state index is 10.1. The Labute approximate surface area is 114 Å². The fourth-order valence-electron chi connectivity index (χ4n) is 3.84. The topological polar surface area (TPSA) is 43.7 Å². The second-order valence-corrected chi connectivity index (χ2v) is 6.01. The first-order valence-corrected chi connectivity index (χ1v) is 7.44. The highest BCUT2D eigenvalue weighted by Crippen LogP contribution is 2.36. The molecule has 1 heterocycles. The summed E-state index contributed by atoms with van der Waals surface area (Å²) in [6.45, 7) is 2.01. The molecule has 0 aromatic heterocycles. The van der Waals surface area contributed by atoms with E-state index in [1.165, 1.54) is 31.2 Å². The number of hydrogen-bond donors (Lipinski definition) is 2. The lowest BCUT2D eigenvalue weighted by molar-refractivity contribution is 0.0718. The molecule has 3 rings (SSSR count). The first-order valence-electron chi connectivity index (χ1n) is 7.44. The summed E-state index contributed by atoms with van der Waals surface area (Å²) in [6, 6.07) is 8.06. The number of aliphatic hydroxyl groups excluding tert-OH is 1. The van der Waals surface area contributed by atoms with Gasteiger partial charge in [-0.05, 0) is 49.9 Å². The molecule has 1 saturated heterocycles. The van der Waals surface area contributed by atoms with E-state index in [2.05, 4.69) is 11.0 Å². The van der Waals surface area contributed by atoms with Gasteiger partial charge < -0.3 is 10.2 Å². The third-order valence-corrected chi connectivity index (χ3v) is 4.74. The monoisotopic (exact) mass is 261 g/mol. The summed E-state index contributed by atoms with van der Waals surface area (Å²) in [5.41, 5.74) is 1.17. The Morgan fingerprint density at radius 3 is 2.79 bits per heavy atom. The van der Waals surface area contributed by atoms with Crippen molar-refractivity contribution in [2.75, 3.05) is 6.54 Å². The van der Waals surface area contributed by atoms with E-state index in [1.54, 1.807) is 6.07 Å². The molecule has 0 amide bonds. The summed E-state index contributed by atoms with van der Waals surface area (Å²) >= 11 is 0. The van der Waals surface area contributed by atoms with Crippen LogP contribution in [0.3, 0.4) is 0 Å². The highest BCUT2D eigenvalue weighted by molar-refractivity contribution is 5.27. The molecular formula is C16H23NO2. The van der Waals surface area contributed by atoms with Gasteiger partial charge in [-0.1, -0.05) is 18.6 Å². The maximum Gasteiger partial charge on any atom is 0.115 e. The lowest BCUT2D eigenvalue weighted by Gasteiger charge is -2.31. The first-order chi connectivity index (χ1) is 9.24. The molecule has 1 aromatic rings. The van der Waals surface area contributed by atoms with Crippen molar-refractivity contribution in [3.05, 3.63) is 29.8 Å². The zero-order valence-electron chi connectivity index (χ0n) is 11.3. The Morgan fingerprint density at radius 2 is 2.05 bits per heavy atom. The normalized spacial score (nSPS) is 31.9. The molecule has 1 aliphatic carbocycles. The highest BCUT2D eigenvalue weighted by Gasteiger charge is 2.37. The van der Waals surface area contributed by atoms with Gasteiger partial charge in [-0.25, -0.2) is 0 Å². The molecule has 0 spiro atoms. The Balaban J connectivity index is 1.69. The highest BCUT2D eigenvalue weighted by atomic mass is 16.3. The average Bonchev–Trinajstić information content (AvgIpc) is 2.98. The molecule has 3 unspecified atom stereocenters. The Kier molecular flexibility index (Phi) is 3.76. The summed E-state index contributed by atoms with van der Waals surface area (Å²) in [6.07, 6.45) is 5.65. The minimum Gasteiger partial charge on any atom is -0.508 e. The molecule has 3 nitrogen and oxygen atoms in total. The van der Waals surface area contributed by atoms with Gasteiger partial charge in [0, 0.05) is 18.5 Å². The van der Waals surface area contributed by atoms with Crippen molar-refractivity contribution in [1.82, 2.24) is 4.90 Å². The first kappa shape index (κ1) is 12.9. The van der Waals surface area contributed by atoms with E-state index in [0.29, 0.717) is 17.7 Å². The Morgan fingerprint density at radius 1 is 1.16 bits per heavy atom. The van der Waals surface area contributed by atoms with E-state index in [4.69, 9.17) is 0 Å². The summed E-state index contributed by atoms with van der Waals surface area (Å²) in [5, 5.41) is 19.7. The fourth-order valence-corrected chi connectivity index (χ4v) is 3.84. The number of nitrogens with zero attached hydrogens (tertiary/aromatic N) is 1. The molecule has 1 aromatic carbocycles. The smallest absolute Gasteiger partial charge is 0.115 e. The van der Waals surface area contributed by atoms with Crippen molar-refractivity contribution in [3.8, 4) is 5.75 Å². The van der Waals surface area contributed by atoms with Crippen molar-refractivity contribution < 1.29 is 10.2 Å². The number of aromatic hydroxyl groups is 1. The number of likely N-dealkylation sites (tertiary alicyclic amines) is 1. The van der Waals surface area contributed by atoms with Crippen LogP contribution in [-0.2, 0) is 6.54 Å². The van der Waals surface area contributed by atoms with Gasteiger partial charge in [0.15, 0.2) is 0 Å². The van der Waals surface area contributed by atoms with Gasteiger partial charge in [-0.3, -0.25) is 4.90 Å². The van der Waals surface area contributed by atoms with Crippen LogP contribution < -0.4 is 0 Å². The number of hydrogen-bond acceptors (Lipinski definition) is 3. The second kappa shape index (κ2) is 5.51. The lowest BCUT2D eigenvalue weighted by Crippen LogP contribution is -2.38. The molecule has 104 valence electrons. The van der Waals surface area contributed by atoms with Crippen molar-refractivity contribution in [2.45, 2.75) is 50.8 Å². The molecule has 2 fully saturated rings. The van der Waals surface area contributed by atoms with E-state index in [1.807, 2.05) is 12.1 Å². The van der Waals surface area contributed by atoms with Crippen LogP contribution in [0.1, 0.15) is 37.7 Å². The molecule has 19 heavy (non-hydrogen) atoms. The van der Waals surface area contributed by atoms with Crippen LogP contribution in [0.2, 0.25) is 0 Å². The zero-order chi connectivity index (χ0) is 13.2. The van der Waals surface area contributed by atoms with Crippen LogP contribution in [0.15, 0.2) is 24.3 Å². The van der Waals surface area contributed by atoms with Crippen molar-refractivity contribution in [2.24, 2.45) is 5.92 Å². The van der Waals surface area contributed by atoms with Gasteiger partial charge in [0.05, 0.1) is 6.10 Å². The van der Waals surface area contributed by atoms with Crippen LogP contribution >= 0.6 is 0 Å². The van der Waals surface area contributed by atoms with Crippen LogP contribution in [0.25, 0.3) is 0 Å². The number of rotatable bonds is 3. The summed E-state index contributed by atoms with van der Waals surface area (Å²) < 4.78 is 0. The maximum absolute atomic E-state index is 10.1. The van der Waals surface area contributed by atoms with Crippen LogP contribution in [0.5, 0.6) is 5.75 Å². The molecule has 3 atom stereocenters. The standard InChI is InChI=1S/C16H23NO2/c18-13-5-1-4-12(10-13)11-17-9-3-7-15(17)14-6-2-8-16(14)19/h1,4-5,10,14-16,18-19H,2-3,6-9,11H2. The molecular weight excluding hydrogens is 238 g/mol. The van der Waals surface area contributed by atoms with Crippen molar-refractivity contribution >= 4 is 0 Å². The molecule has 0 bridgehead atoms. The predicted octanol–water partition coefficient (Wildman–Crippen LogP) is 2.52. The SMILES string of the molecule is Oc1cccc(CN2CCCC2C2CCCC2O)c1. The van der Waals surface area contributed by atoms with Crippen LogP contribution in [0.4, 0.5) is 0 Å². The third kappa shape index (κ3) is 2.77. The van der Waals surface area contributed by atoms with Gasteiger partial charge in [0.25, 0.3) is 0 Å². The average molecular weight is 261 g/mol. The Bertz CT molecular complexity index is 435. The zero-order valence-corrected chi connectivity index (χ0v) is 11.3. The number of benzene rings is 1. The van der Waals surface area contributed by atoms with Crippen molar-refractivity contribution in [3.63, 3.8) is 0 Å². The minimum atomic E-state index is -0.102. The van der Waals surface area contributed by atoms with Gasteiger partial charge in [-0.2, -0.15) is 0 Å². The largest absolute Gasteiger partial charge is 0.508 e. The number of phenols is 1. The molecule has 0 radical (unpaired) electrons. The third-order valence-electron chi connectivity index (χ3n) is 4.74. The molecule has 3 heteroatoms. The van der Waals surface area contributed by atoms with E-state index in [9.17, 15) is 10.2 Å². The number of aliphatic hydroxyl groups is 1. The van der Waals surface area contributed by atoms with E-state index < -0.39 is 0 Å². The lowest BCUT2D eigenvalue weighted by atomic mass is 9.94. The van der Waals surface area contributed by atoms with Gasteiger partial charge in [-0.15, -0.1) is 0 Å². The minimum absolute atomic E-state index is 0.102. The second-order valence-electron chi connectivity index (χ2n) is 6.01. The summed E-state index contributed by atoms with van der Waals surface area (Å²) in [7, 11) is 0. The predicted molar refractivity (Wildman–Crippen MR) is 74.9 cm³/mol. The van der Waals surface area contributed by atoms with E-state index in [0.717, 1.165) is 19.5 Å². The van der Waals surface area contributed by atoms with E-state index in [-0.39, 0.29) is 6.10 Å². The number of phenolic OH excluding ortho intramolecular Hbond substituents is 1. The van der Waals surface area contributed by atoms with E-state index >= 15 is 0 Å². The van der Waals surface area contributed by atoms with Crippen LogP contribution in [-0.4, -0.2) is 33.8 Å². The molecule has 1 aliphatic heterocycles.